The molecule has 1 fully saturated rings. The molecule has 0 saturated carbocycles. The number of carbonyl (C=O) groups is 1. The third-order valence-electron chi connectivity index (χ3n) is 5.50. The van der Waals surface area contributed by atoms with E-state index in [1.54, 1.807) is 6.08 Å². The number of fused-ring (bicyclic) bond motifs is 1. The van der Waals surface area contributed by atoms with Crippen LogP contribution in [0.5, 0.6) is 11.5 Å². The summed E-state index contributed by atoms with van der Waals surface area (Å²) in [6.45, 7) is 7.87. The summed E-state index contributed by atoms with van der Waals surface area (Å²) in [5, 5.41) is 0. The van der Waals surface area contributed by atoms with Gasteiger partial charge in [0.2, 0.25) is 6.79 Å². The fourth-order valence-electron chi connectivity index (χ4n) is 3.89. The van der Waals surface area contributed by atoms with Crippen molar-refractivity contribution in [3.05, 3.63) is 65.2 Å². The zero-order valence-electron chi connectivity index (χ0n) is 18.6. The Bertz CT molecular complexity index is 979. The number of benzene rings is 2. The maximum absolute atomic E-state index is 12.2. The number of rotatable bonds is 4. The van der Waals surface area contributed by atoms with Gasteiger partial charge in [-0.3, -0.25) is 4.90 Å². The lowest BCUT2D eigenvalue weighted by molar-refractivity contribution is -0.148. The van der Waals surface area contributed by atoms with Crippen LogP contribution in [0, 0.1) is 0 Å². The third-order valence-corrected chi connectivity index (χ3v) is 5.50. The largest absolute Gasteiger partial charge is 0.457 e. The van der Waals surface area contributed by atoms with Gasteiger partial charge in [0.05, 0.1) is 0 Å². The quantitative estimate of drug-likeness (QED) is 0.517. The molecule has 0 aromatic heterocycles. The van der Waals surface area contributed by atoms with Crippen LogP contribution >= 0.6 is 0 Å². The second-order valence-electron chi connectivity index (χ2n) is 8.93. The van der Waals surface area contributed by atoms with Gasteiger partial charge in [-0.25, -0.2) is 4.79 Å². The SMILES string of the molecule is C[C@H]1[C@H](c2ccccc2)O[C@@H](c2cc3c(cc2/C=C/C(=O)OC(C)(C)C)OCO3)N1C. The van der Waals surface area contributed by atoms with Crippen LogP contribution in [0.1, 0.15) is 56.7 Å². The summed E-state index contributed by atoms with van der Waals surface area (Å²) in [6.07, 6.45) is 2.83. The van der Waals surface area contributed by atoms with Gasteiger partial charge >= 0.3 is 5.97 Å². The van der Waals surface area contributed by atoms with E-state index >= 15 is 0 Å². The Balaban J connectivity index is 1.66. The van der Waals surface area contributed by atoms with Crippen molar-refractivity contribution < 1.29 is 23.7 Å². The highest BCUT2D eigenvalue weighted by molar-refractivity contribution is 5.87. The van der Waals surface area contributed by atoms with Crippen molar-refractivity contribution in [3.63, 3.8) is 0 Å². The van der Waals surface area contributed by atoms with E-state index in [9.17, 15) is 4.79 Å². The van der Waals surface area contributed by atoms with Crippen LogP contribution in [0.3, 0.4) is 0 Å². The van der Waals surface area contributed by atoms with Crippen molar-refractivity contribution in [2.45, 2.75) is 51.7 Å². The summed E-state index contributed by atoms with van der Waals surface area (Å²) in [4.78, 5) is 14.4. The van der Waals surface area contributed by atoms with Crippen molar-refractivity contribution in [2.75, 3.05) is 13.8 Å². The molecule has 31 heavy (non-hydrogen) atoms. The number of ether oxygens (including phenoxy) is 4. The van der Waals surface area contributed by atoms with Gasteiger partial charge in [-0.05, 0) is 64.1 Å². The Labute approximate surface area is 183 Å². The van der Waals surface area contributed by atoms with Crippen LogP contribution < -0.4 is 9.47 Å². The summed E-state index contributed by atoms with van der Waals surface area (Å²) in [7, 11) is 2.05. The molecule has 3 atom stereocenters. The molecule has 0 N–H and O–H groups in total. The molecule has 0 aliphatic carbocycles. The fourth-order valence-corrected chi connectivity index (χ4v) is 3.89. The summed E-state index contributed by atoms with van der Waals surface area (Å²) in [6, 6.07) is 14.2. The molecule has 6 nitrogen and oxygen atoms in total. The standard InChI is InChI=1S/C25H29NO5/c1-16-23(17-9-7-6-8-10-17)30-24(26(16)5)19-14-21-20(28-15-29-21)13-18(19)11-12-22(27)31-25(2,3)4/h6-14,16,23-24H,15H2,1-5H3/b12-11+/t16-,23+,24-/m0/s1. The molecule has 6 heteroatoms. The monoisotopic (exact) mass is 423 g/mol. The predicted octanol–water partition coefficient (Wildman–Crippen LogP) is 4.86. The molecule has 0 radical (unpaired) electrons. The Morgan fingerprint density at radius 3 is 2.48 bits per heavy atom. The first-order valence-electron chi connectivity index (χ1n) is 10.5. The van der Waals surface area contributed by atoms with E-state index in [0.717, 1.165) is 16.7 Å². The van der Waals surface area contributed by atoms with Crippen LogP contribution in [0.25, 0.3) is 6.08 Å². The maximum atomic E-state index is 12.2. The van der Waals surface area contributed by atoms with Gasteiger partial charge < -0.3 is 18.9 Å². The van der Waals surface area contributed by atoms with Crippen molar-refractivity contribution in [1.29, 1.82) is 0 Å². The number of nitrogens with zero attached hydrogens (tertiary/aromatic N) is 1. The van der Waals surface area contributed by atoms with Crippen LogP contribution in [-0.4, -0.2) is 36.4 Å². The highest BCUT2D eigenvalue weighted by atomic mass is 16.7. The number of carbonyl (C=O) groups excluding carboxylic acids is 1. The third kappa shape index (κ3) is 4.60. The Morgan fingerprint density at radius 1 is 1.13 bits per heavy atom. The van der Waals surface area contributed by atoms with E-state index in [1.165, 1.54) is 6.08 Å². The average molecular weight is 424 g/mol. The molecule has 2 aromatic rings. The first kappa shape index (κ1) is 21.4. The molecule has 4 rings (SSSR count). The van der Waals surface area contributed by atoms with Crippen molar-refractivity contribution >= 4 is 12.0 Å². The van der Waals surface area contributed by atoms with Gasteiger partial charge in [0, 0.05) is 17.7 Å². The lowest BCUT2D eigenvalue weighted by atomic mass is 10.0. The molecule has 2 aliphatic rings. The van der Waals surface area contributed by atoms with Crippen LogP contribution in [-0.2, 0) is 14.3 Å². The number of hydrogen-bond acceptors (Lipinski definition) is 6. The Hall–Kier alpha value is -2.83. The molecule has 2 heterocycles. The zero-order valence-corrected chi connectivity index (χ0v) is 18.6. The second kappa shape index (κ2) is 8.36. The van der Waals surface area contributed by atoms with Gasteiger partial charge in [-0.1, -0.05) is 30.3 Å². The molecule has 0 spiro atoms. The van der Waals surface area contributed by atoms with Crippen molar-refractivity contribution in [2.24, 2.45) is 0 Å². The lowest BCUT2D eigenvalue weighted by Crippen LogP contribution is -2.27. The first-order chi connectivity index (χ1) is 14.7. The molecule has 2 aliphatic heterocycles. The van der Waals surface area contributed by atoms with Gasteiger partial charge in [0.15, 0.2) is 11.5 Å². The predicted molar refractivity (Wildman–Crippen MR) is 118 cm³/mol. The van der Waals surface area contributed by atoms with Gasteiger partial charge in [-0.2, -0.15) is 0 Å². The van der Waals surface area contributed by atoms with Crippen LogP contribution in [0.2, 0.25) is 0 Å². The summed E-state index contributed by atoms with van der Waals surface area (Å²) in [5.74, 6) is 0.936. The minimum atomic E-state index is -0.549. The van der Waals surface area contributed by atoms with E-state index in [-0.39, 0.29) is 25.2 Å². The van der Waals surface area contributed by atoms with E-state index < -0.39 is 11.6 Å². The van der Waals surface area contributed by atoms with Crippen molar-refractivity contribution in [3.8, 4) is 11.5 Å². The Kier molecular flexibility index (Phi) is 5.77. The zero-order chi connectivity index (χ0) is 22.2. The van der Waals surface area contributed by atoms with Crippen LogP contribution in [0.15, 0.2) is 48.5 Å². The molecule has 0 unspecified atom stereocenters. The molecule has 2 aromatic carbocycles. The topological polar surface area (TPSA) is 57.2 Å². The summed E-state index contributed by atoms with van der Waals surface area (Å²) < 4.78 is 23.1. The minimum Gasteiger partial charge on any atom is -0.457 e. The van der Waals surface area contributed by atoms with Gasteiger partial charge in [0.25, 0.3) is 0 Å². The van der Waals surface area contributed by atoms with E-state index in [2.05, 4.69) is 24.0 Å². The molecule has 0 bridgehead atoms. The van der Waals surface area contributed by atoms with Gasteiger partial charge in [-0.15, -0.1) is 0 Å². The highest BCUT2D eigenvalue weighted by Crippen LogP contribution is 2.45. The first-order valence-corrected chi connectivity index (χ1v) is 10.5. The van der Waals surface area contributed by atoms with Crippen LogP contribution in [0.4, 0.5) is 0 Å². The molecule has 0 amide bonds. The van der Waals surface area contributed by atoms with E-state index in [0.29, 0.717) is 11.5 Å². The normalized spacial score (nSPS) is 23.5. The molecule has 164 valence electrons. The highest BCUT2D eigenvalue weighted by Gasteiger charge is 2.40. The average Bonchev–Trinajstić information content (AvgIpc) is 3.29. The summed E-state index contributed by atoms with van der Waals surface area (Å²) >= 11 is 0. The number of likely N-dealkylation sites (N-methyl/N-ethyl adjacent to an activating group) is 1. The smallest absolute Gasteiger partial charge is 0.331 e. The van der Waals surface area contributed by atoms with Gasteiger partial charge in [0.1, 0.15) is 17.9 Å². The minimum absolute atomic E-state index is 0.0655. The van der Waals surface area contributed by atoms with Crippen molar-refractivity contribution in [1.82, 2.24) is 4.90 Å². The molecular formula is C25H29NO5. The number of hydrogen-bond donors (Lipinski definition) is 0. The lowest BCUT2D eigenvalue weighted by Gasteiger charge is -2.23. The van der Waals surface area contributed by atoms with E-state index in [1.807, 2.05) is 58.2 Å². The maximum Gasteiger partial charge on any atom is 0.331 e. The molecular weight excluding hydrogens is 394 g/mol. The molecule has 1 saturated heterocycles. The second-order valence-corrected chi connectivity index (χ2v) is 8.93. The Morgan fingerprint density at radius 2 is 1.81 bits per heavy atom. The number of esters is 1. The fraction of sp³-hybridized carbons (Fsp3) is 0.400. The summed E-state index contributed by atoms with van der Waals surface area (Å²) in [5.41, 5.74) is 2.33. The van der Waals surface area contributed by atoms with E-state index in [4.69, 9.17) is 18.9 Å².